The highest BCUT2D eigenvalue weighted by Crippen LogP contribution is 2.28. The third-order valence-electron chi connectivity index (χ3n) is 3.89. The van der Waals surface area contributed by atoms with Crippen molar-refractivity contribution in [1.82, 2.24) is 10.2 Å². The molecule has 1 aliphatic heterocycles. The predicted molar refractivity (Wildman–Crippen MR) is 84.3 cm³/mol. The van der Waals surface area contributed by atoms with E-state index in [4.69, 9.17) is 16.3 Å². The van der Waals surface area contributed by atoms with Gasteiger partial charge in [-0.1, -0.05) is 36.7 Å². The van der Waals surface area contributed by atoms with Crippen molar-refractivity contribution in [2.45, 2.75) is 39.0 Å². The molecule has 1 heterocycles. The fourth-order valence-electron chi connectivity index (χ4n) is 2.76. The molecule has 1 N–H and O–H groups in total. The third kappa shape index (κ3) is 3.73. The molecule has 0 saturated carbocycles. The molecule has 0 aromatic heterocycles. The minimum Gasteiger partial charge on any atom is -0.374 e. The number of likely N-dealkylation sites (N-methyl/N-ethyl adjacent to an activating group) is 1. The van der Waals surface area contributed by atoms with Crippen molar-refractivity contribution in [2.24, 2.45) is 0 Å². The molecule has 1 aromatic carbocycles. The first-order valence-corrected chi connectivity index (χ1v) is 7.84. The molecular formula is C16H25ClN2O. The van der Waals surface area contributed by atoms with E-state index in [2.05, 4.69) is 37.1 Å². The zero-order valence-corrected chi connectivity index (χ0v) is 13.4. The zero-order valence-electron chi connectivity index (χ0n) is 12.6. The van der Waals surface area contributed by atoms with Gasteiger partial charge in [0.2, 0.25) is 0 Å². The Morgan fingerprint density at radius 2 is 2.15 bits per heavy atom. The van der Waals surface area contributed by atoms with Crippen LogP contribution < -0.4 is 5.32 Å². The van der Waals surface area contributed by atoms with Gasteiger partial charge in [-0.05, 0) is 32.0 Å². The number of ether oxygens (including phenoxy) is 1. The van der Waals surface area contributed by atoms with Gasteiger partial charge in [0.1, 0.15) is 0 Å². The molecule has 1 aromatic rings. The molecule has 1 aliphatic rings. The second kappa shape index (κ2) is 7.41. The molecule has 3 nitrogen and oxygen atoms in total. The third-order valence-corrected chi connectivity index (χ3v) is 4.24. The van der Waals surface area contributed by atoms with Gasteiger partial charge >= 0.3 is 0 Å². The van der Waals surface area contributed by atoms with Crippen molar-refractivity contribution in [2.75, 3.05) is 26.2 Å². The highest BCUT2D eigenvalue weighted by molar-refractivity contribution is 6.31. The van der Waals surface area contributed by atoms with E-state index in [9.17, 15) is 0 Å². The molecule has 0 amide bonds. The highest BCUT2D eigenvalue weighted by Gasteiger charge is 2.30. The highest BCUT2D eigenvalue weighted by atomic mass is 35.5. The van der Waals surface area contributed by atoms with Crippen LogP contribution in [-0.2, 0) is 4.74 Å². The lowest BCUT2D eigenvalue weighted by Crippen LogP contribution is -2.50. The Morgan fingerprint density at radius 1 is 1.40 bits per heavy atom. The molecule has 2 atom stereocenters. The molecule has 2 rings (SSSR count). The number of nitrogens with one attached hydrogen (secondary N) is 1. The summed E-state index contributed by atoms with van der Waals surface area (Å²) in [6.07, 6.45) is 0.144. The van der Waals surface area contributed by atoms with E-state index in [0.29, 0.717) is 6.04 Å². The van der Waals surface area contributed by atoms with Crippen LogP contribution in [0.1, 0.15) is 32.4 Å². The Hall–Kier alpha value is -0.610. The van der Waals surface area contributed by atoms with Crippen molar-refractivity contribution in [3.8, 4) is 0 Å². The topological polar surface area (TPSA) is 24.5 Å². The lowest BCUT2D eigenvalue weighted by molar-refractivity contribution is -0.0558. The molecule has 20 heavy (non-hydrogen) atoms. The van der Waals surface area contributed by atoms with Crippen LogP contribution in [0, 0.1) is 0 Å². The first kappa shape index (κ1) is 15.8. The van der Waals surface area contributed by atoms with Crippen molar-refractivity contribution < 1.29 is 4.74 Å². The quantitative estimate of drug-likeness (QED) is 0.903. The van der Waals surface area contributed by atoms with E-state index in [0.717, 1.165) is 36.8 Å². The van der Waals surface area contributed by atoms with Crippen molar-refractivity contribution >= 4 is 11.6 Å². The predicted octanol–water partition coefficient (Wildman–Crippen LogP) is 3.10. The molecule has 1 fully saturated rings. The Bertz CT molecular complexity index is 425. The summed E-state index contributed by atoms with van der Waals surface area (Å²) in [6.45, 7) is 10.2. The Labute approximate surface area is 127 Å². The van der Waals surface area contributed by atoms with Crippen molar-refractivity contribution in [3.05, 3.63) is 34.9 Å². The van der Waals surface area contributed by atoms with Gasteiger partial charge in [-0.3, -0.25) is 4.90 Å². The van der Waals surface area contributed by atoms with E-state index in [1.165, 1.54) is 0 Å². The maximum Gasteiger partial charge on any atom is 0.0897 e. The zero-order chi connectivity index (χ0) is 14.5. The standard InChI is InChI=1S/C16H25ClN2O/c1-4-18-16(13-7-5-6-8-14(13)17)15-11-19(12(2)3)9-10-20-15/h5-8,12,15-16,18H,4,9-11H2,1-3H3. The fraction of sp³-hybridized carbons (Fsp3) is 0.625. The lowest BCUT2D eigenvalue weighted by atomic mass is 9.99. The molecule has 0 aliphatic carbocycles. The fourth-order valence-corrected chi connectivity index (χ4v) is 3.01. The summed E-state index contributed by atoms with van der Waals surface area (Å²) >= 11 is 6.36. The number of hydrogen-bond donors (Lipinski definition) is 1. The molecule has 0 radical (unpaired) electrons. The van der Waals surface area contributed by atoms with E-state index in [1.54, 1.807) is 0 Å². The first-order chi connectivity index (χ1) is 9.63. The molecule has 112 valence electrons. The van der Waals surface area contributed by atoms with Gasteiger partial charge in [0.25, 0.3) is 0 Å². The normalized spacial score (nSPS) is 22.1. The smallest absolute Gasteiger partial charge is 0.0897 e. The molecule has 2 unspecified atom stereocenters. The first-order valence-electron chi connectivity index (χ1n) is 7.47. The van der Waals surface area contributed by atoms with Crippen LogP contribution in [0.25, 0.3) is 0 Å². The summed E-state index contributed by atoms with van der Waals surface area (Å²) in [5.74, 6) is 0. The second-order valence-corrected chi connectivity index (χ2v) is 5.96. The Kier molecular flexibility index (Phi) is 5.85. The monoisotopic (exact) mass is 296 g/mol. The average molecular weight is 297 g/mol. The van der Waals surface area contributed by atoms with E-state index >= 15 is 0 Å². The summed E-state index contributed by atoms with van der Waals surface area (Å²) in [5, 5.41) is 4.34. The van der Waals surface area contributed by atoms with Gasteiger partial charge in [-0.25, -0.2) is 0 Å². The summed E-state index contributed by atoms with van der Waals surface area (Å²) in [4.78, 5) is 2.47. The number of nitrogens with zero attached hydrogens (tertiary/aromatic N) is 1. The molecule has 0 bridgehead atoms. The van der Waals surface area contributed by atoms with Crippen LogP contribution in [-0.4, -0.2) is 43.3 Å². The molecule has 4 heteroatoms. The minimum absolute atomic E-state index is 0.144. The Morgan fingerprint density at radius 3 is 2.80 bits per heavy atom. The van der Waals surface area contributed by atoms with Crippen LogP contribution in [0.15, 0.2) is 24.3 Å². The SMILES string of the molecule is CCNC(c1ccccc1Cl)C1CN(C(C)C)CCO1. The van der Waals surface area contributed by atoms with Gasteiger partial charge in [0.05, 0.1) is 18.8 Å². The van der Waals surface area contributed by atoms with E-state index in [-0.39, 0.29) is 12.1 Å². The number of hydrogen-bond acceptors (Lipinski definition) is 3. The van der Waals surface area contributed by atoms with Crippen LogP contribution in [0.5, 0.6) is 0 Å². The summed E-state index contributed by atoms with van der Waals surface area (Å²) in [5.41, 5.74) is 1.13. The van der Waals surface area contributed by atoms with Crippen LogP contribution >= 0.6 is 11.6 Å². The summed E-state index contributed by atoms with van der Waals surface area (Å²) in [6, 6.07) is 8.74. The number of rotatable bonds is 5. The average Bonchev–Trinajstić information content (AvgIpc) is 2.46. The lowest BCUT2D eigenvalue weighted by Gasteiger charge is -2.39. The molecule has 1 saturated heterocycles. The van der Waals surface area contributed by atoms with E-state index in [1.807, 2.05) is 18.2 Å². The molecular weight excluding hydrogens is 272 g/mol. The van der Waals surface area contributed by atoms with Gasteiger partial charge < -0.3 is 10.1 Å². The van der Waals surface area contributed by atoms with Gasteiger partial charge in [-0.2, -0.15) is 0 Å². The van der Waals surface area contributed by atoms with E-state index < -0.39 is 0 Å². The largest absolute Gasteiger partial charge is 0.374 e. The number of halogens is 1. The van der Waals surface area contributed by atoms with Gasteiger partial charge in [0.15, 0.2) is 0 Å². The minimum atomic E-state index is 0.144. The summed E-state index contributed by atoms with van der Waals surface area (Å²) < 4.78 is 6.02. The van der Waals surface area contributed by atoms with Crippen molar-refractivity contribution in [3.63, 3.8) is 0 Å². The molecule has 0 spiro atoms. The maximum atomic E-state index is 6.36. The van der Waals surface area contributed by atoms with Crippen LogP contribution in [0.2, 0.25) is 5.02 Å². The Balaban J connectivity index is 2.18. The van der Waals surface area contributed by atoms with Gasteiger partial charge in [-0.15, -0.1) is 0 Å². The van der Waals surface area contributed by atoms with Crippen molar-refractivity contribution in [1.29, 1.82) is 0 Å². The summed E-state index contributed by atoms with van der Waals surface area (Å²) in [7, 11) is 0. The second-order valence-electron chi connectivity index (χ2n) is 5.55. The number of morpholine rings is 1. The van der Waals surface area contributed by atoms with Crippen LogP contribution in [0.3, 0.4) is 0 Å². The number of benzene rings is 1. The van der Waals surface area contributed by atoms with Crippen LogP contribution in [0.4, 0.5) is 0 Å². The maximum absolute atomic E-state index is 6.36. The van der Waals surface area contributed by atoms with Gasteiger partial charge in [0, 0.05) is 24.2 Å².